The van der Waals surface area contributed by atoms with Crippen molar-refractivity contribution in [3.05, 3.63) is 66.2 Å². The Bertz CT molecular complexity index is 744. The van der Waals surface area contributed by atoms with Gasteiger partial charge in [0, 0.05) is 30.8 Å². The predicted molar refractivity (Wildman–Crippen MR) is 94.4 cm³/mol. The number of benzene rings is 2. The molecule has 1 unspecified atom stereocenters. The highest BCUT2D eigenvalue weighted by Gasteiger charge is 2.26. The Morgan fingerprint density at radius 2 is 2.08 bits per heavy atom. The highest BCUT2D eigenvalue weighted by molar-refractivity contribution is 5.52. The smallest absolute Gasteiger partial charge is 0.167 e. The van der Waals surface area contributed by atoms with Crippen molar-refractivity contribution in [3.63, 3.8) is 0 Å². The van der Waals surface area contributed by atoms with E-state index >= 15 is 0 Å². The average molecular weight is 327 g/mol. The molecule has 24 heavy (non-hydrogen) atoms. The van der Waals surface area contributed by atoms with E-state index in [0.29, 0.717) is 12.2 Å². The van der Waals surface area contributed by atoms with Crippen LogP contribution in [0.25, 0.3) is 0 Å². The van der Waals surface area contributed by atoms with Crippen LogP contribution in [0.1, 0.15) is 24.8 Å². The molecular weight excluding hydrogens is 305 g/mol. The molecule has 0 bridgehead atoms. The van der Waals surface area contributed by atoms with Gasteiger partial charge in [-0.25, -0.2) is 4.39 Å². The van der Waals surface area contributed by atoms with Gasteiger partial charge in [-0.2, -0.15) is 0 Å². The number of aliphatic hydroxyl groups is 1. The van der Waals surface area contributed by atoms with Gasteiger partial charge in [-0.05, 0) is 43.5 Å². The van der Waals surface area contributed by atoms with E-state index in [9.17, 15) is 9.50 Å². The summed E-state index contributed by atoms with van der Waals surface area (Å²) in [6, 6.07) is 12.8. The van der Waals surface area contributed by atoms with Crippen LogP contribution >= 0.6 is 0 Å². The lowest BCUT2D eigenvalue weighted by atomic mass is 10.1. The Labute approximate surface area is 142 Å². The molecule has 0 aromatic heterocycles. The Kier molecular flexibility index (Phi) is 4.74. The van der Waals surface area contributed by atoms with E-state index in [1.165, 1.54) is 6.07 Å². The molecule has 126 valence electrons. The van der Waals surface area contributed by atoms with Crippen LogP contribution in [0.2, 0.25) is 0 Å². The molecule has 0 radical (unpaired) electrons. The van der Waals surface area contributed by atoms with Crippen molar-refractivity contribution in [2.75, 3.05) is 11.4 Å². The molecule has 3 rings (SSSR count). The summed E-state index contributed by atoms with van der Waals surface area (Å²) in [4.78, 5) is 2.13. The summed E-state index contributed by atoms with van der Waals surface area (Å²) in [5.74, 6) is 0.659. The van der Waals surface area contributed by atoms with Crippen LogP contribution in [0.5, 0.6) is 11.5 Å². The van der Waals surface area contributed by atoms with Gasteiger partial charge in [-0.15, -0.1) is 0 Å². The third-order valence-corrected chi connectivity index (χ3v) is 4.41. The molecule has 1 aliphatic heterocycles. The molecular formula is C20H22FNO2. The Balaban J connectivity index is 1.80. The summed E-state index contributed by atoms with van der Waals surface area (Å²) in [5, 5.41) is 9.45. The van der Waals surface area contributed by atoms with Gasteiger partial charge in [-0.3, -0.25) is 0 Å². The highest BCUT2D eigenvalue weighted by atomic mass is 19.1. The Hall–Kier alpha value is -2.49. The second-order valence-electron chi connectivity index (χ2n) is 6.24. The number of rotatable bonds is 5. The van der Waals surface area contributed by atoms with Gasteiger partial charge < -0.3 is 14.7 Å². The van der Waals surface area contributed by atoms with Gasteiger partial charge in [0.1, 0.15) is 5.75 Å². The molecule has 2 aromatic carbocycles. The number of aryl methyl sites for hydroxylation is 1. The largest absolute Gasteiger partial charge is 0.513 e. The summed E-state index contributed by atoms with van der Waals surface area (Å²) in [6.07, 6.45) is 2.52. The first kappa shape index (κ1) is 16.4. The topological polar surface area (TPSA) is 32.7 Å². The van der Waals surface area contributed by atoms with Gasteiger partial charge in [0.05, 0.1) is 5.76 Å². The van der Waals surface area contributed by atoms with Crippen molar-refractivity contribution in [1.29, 1.82) is 0 Å². The zero-order valence-electron chi connectivity index (χ0n) is 13.8. The number of halogens is 1. The maximum atomic E-state index is 14.5. The molecule has 1 N–H and O–H groups in total. The first-order valence-electron chi connectivity index (χ1n) is 8.21. The van der Waals surface area contributed by atoms with Gasteiger partial charge in [0.15, 0.2) is 11.6 Å². The molecule has 0 aliphatic carbocycles. The van der Waals surface area contributed by atoms with Crippen LogP contribution in [0, 0.1) is 12.7 Å². The van der Waals surface area contributed by atoms with Crippen molar-refractivity contribution < 1.29 is 14.2 Å². The summed E-state index contributed by atoms with van der Waals surface area (Å²) < 4.78 is 20.2. The van der Waals surface area contributed by atoms with Crippen molar-refractivity contribution in [2.45, 2.75) is 32.2 Å². The average Bonchev–Trinajstić information content (AvgIpc) is 2.98. The van der Waals surface area contributed by atoms with E-state index in [4.69, 9.17) is 4.74 Å². The molecule has 1 aliphatic rings. The molecule has 1 fully saturated rings. The molecule has 4 heteroatoms. The first-order valence-corrected chi connectivity index (χ1v) is 8.21. The molecule has 2 aromatic rings. The molecule has 1 saturated heterocycles. The van der Waals surface area contributed by atoms with E-state index in [1.54, 1.807) is 6.07 Å². The lowest BCUT2D eigenvalue weighted by Gasteiger charge is -2.27. The van der Waals surface area contributed by atoms with Crippen LogP contribution in [0.15, 0.2) is 54.8 Å². The Morgan fingerprint density at radius 1 is 1.29 bits per heavy atom. The predicted octanol–water partition coefficient (Wildman–Crippen LogP) is 5.36. The number of anilines is 1. The lowest BCUT2D eigenvalue weighted by molar-refractivity contribution is 0.376. The van der Waals surface area contributed by atoms with Crippen molar-refractivity contribution in [2.24, 2.45) is 0 Å². The zero-order valence-corrected chi connectivity index (χ0v) is 13.8. The molecule has 0 spiro atoms. The lowest BCUT2D eigenvalue weighted by Crippen LogP contribution is -2.29. The van der Waals surface area contributed by atoms with Crippen LogP contribution in [-0.2, 0) is 0 Å². The summed E-state index contributed by atoms with van der Waals surface area (Å²) in [5.41, 5.74) is 1.77. The van der Waals surface area contributed by atoms with Gasteiger partial charge >= 0.3 is 0 Å². The quantitative estimate of drug-likeness (QED) is 0.751. The SMILES string of the molecule is C=C(O)CC1CCCN1c1ccc(Oc2ccccc2C)c(F)c1. The molecule has 1 atom stereocenters. The normalized spacial score (nSPS) is 17.1. The second kappa shape index (κ2) is 6.95. The first-order chi connectivity index (χ1) is 11.5. The monoisotopic (exact) mass is 327 g/mol. The third kappa shape index (κ3) is 3.53. The number of hydrogen-bond donors (Lipinski definition) is 1. The number of aliphatic hydroxyl groups excluding tert-OH is 1. The molecule has 0 amide bonds. The number of ether oxygens (including phenoxy) is 1. The van der Waals surface area contributed by atoms with Crippen LogP contribution in [-0.4, -0.2) is 17.7 Å². The second-order valence-corrected chi connectivity index (χ2v) is 6.24. The van der Waals surface area contributed by atoms with Crippen LogP contribution in [0.4, 0.5) is 10.1 Å². The van der Waals surface area contributed by atoms with E-state index < -0.39 is 0 Å². The van der Waals surface area contributed by atoms with E-state index in [2.05, 4.69) is 11.5 Å². The minimum Gasteiger partial charge on any atom is -0.513 e. The van der Waals surface area contributed by atoms with Gasteiger partial charge in [-0.1, -0.05) is 24.8 Å². The minimum absolute atomic E-state index is 0.171. The molecule has 0 saturated carbocycles. The summed E-state index contributed by atoms with van der Waals surface area (Å²) in [6.45, 7) is 6.35. The van der Waals surface area contributed by atoms with Crippen molar-refractivity contribution in [3.8, 4) is 11.5 Å². The standard InChI is InChI=1S/C20H22FNO2/c1-14-6-3-4-8-19(14)24-20-10-9-17(13-18(20)21)22-11-5-7-16(22)12-15(2)23/h3-4,6,8-10,13,16,23H,2,5,7,11-12H2,1H3. The van der Waals surface area contributed by atoms with E-state index in [1.807, 2.05) is 37.3 Å². The number of hydrogen-bond acceptors (Lipinski definition) is 3. The fraction of sp³-hybridized carbons (Fsp3) is 0.300. The van der Waals surface area contributed by atoms with E-state index in [0.717, 1.165) is 30.6 Å². The summed E-state index contributed by atoms with van der Waals surface area (Å²) >= 11 is 0. The molecule has 1 heterocycles. The maximum Gasteiger partial charge on any atom is 0.167 e. The minimum atomic E-state index is -0.385. The number of para-hydroxylation sites is 1. The Morgan fingerprint density at radius 3 is 2.79 bits per heavy atom. The maximum absolute atomic E-state index is 14.5. The van der Waals surface area contributed by atoms with Crippen molar-refractivity contribution in [1.82, 2.24) is 0 Å². The van der Waals surface area contributed by atoms with Crippen molar-refractivity contribution >= 4 is 5.69 Å². The molecule has 3 nitrogen and oxygen atoms in total. The highest BCUT2D eigenvalue weighted by Crippen LogP contribution is 2.33. The third-order valence-electron chi connectivity index (χ3n) is 4.41. The number of nitrogens with zero attached hydrogens (tertiary/aromatic N) is 1. The zero-order chi connectivity index (χ0) is 17.1. The summed E-state index contributed by atoms with van der Waals surface area (Å²) in [7, 11) is 0. The van der Waals surface area contributed by atoms with Crippen LogP contribution in [0.3, 0.4) is 0 Å². The van der Waals surface area contributed by atoms with E-state index in [-0.39, 0.29) is 23.4 Å². The van der Waals surface area contributed by atoms with Gasteiger partial charge in [0.25, 0.3) is 0 Å². The van der Waals surface area contributed by atoms with Crippen LogP contribution < -0.4 is 9.64 Å². The fourth-order valence-corrected chi connectivity index (χ4v) is 3.20. The fourth-order valence-electron chi connectivity index (χ4n) is 3.20. The van der Waals surface area contributed by atoms with Gasteiger partial charge in [0.2, 0.25) is 0 Å².